The van der Waals surface area contributed by atoms with E-state index in [1.165, 1.54) is 0 Å². The highest BCUT2D eigenvalue weighted by Gasteiger charge is 2.14. The van der Waals surface area contributed by atoms with Crippen molar-refractivity contribution < 1.29 is 8.42 Å². The molecule has 120 valence electrons. The second-order valence-electron chi connectivity index (χ2n) is 5.23. The lowest BCUT2D eigenvalue weighted by atomic mass is 10.2. The van der Waals surface area contributed by atoms with Crippen molar-refractivity contribution in [2.45, 2.75) is 31.7 Å². The molecule has 1 rings (SSSR count). The summed E-state index contributed by atoms with van der Waals surface area (Å²) in [6.07, 6.45) is 3.11. The highest BCUT2D eigenvalue weighted by atomic mass is 32.2. The Morgan fingerprint density at radius 2 is 1.90 bits per heavy atom. The van der Waals surface area contributed by atoms with Crippen molar-refractivity contribution in [1.29, 1.82) is 0 Å². The molecule has 1 aromatic rings. The van der Waals surface area contributed by atoms with E-state index < -0.39 is 10.0 Å². The third-order valence-corrected chi connectivity index (χ3v) is 5.40. The van der Waals surface area contributed by atoms with Crippen LogP contribution in [-0.2, 0) is 16.6 Å². The predicted molar refractivity (Wildman–Crippen MR) is 91.2 cm³/mol. The van der Waals surface area contributed by atoms with E-state index >= 15 is 0 Å². The Morgan fingerprint density at radius 3 is 2.48 bits per heavy atom. The monoisotopic (exact) mass is 330 g/mol. The average molecular weight is 331 g/mol. The zero-order valence-electron chi connectivity index (χ0n) is 13.1. The molecule has 2 N–H and O–H groups in total. The van der Waals surface area contributed by atoms with Crippen LogP contribution in [0.25, 0.3) is 0 Å². The molecule has 4 nitrogen and oxygen atoms in total. The third kappa shape index (κ3) is 6.82. The van der Waals surface area contributed by atoms with Gasteiger partial charge in [-0.25, -0.2) is 13.1 Å². The van der Waals surface area contributed by atoms with Gasteiger partial charge in [-0.05, 0) is 48.6 Å². The van der Waals surface area contributed by atoms with E-state index in [2.05, 4.69) is 17.0 Å². The molecule has 0 aromatic heterocycles. The molecule has 1 aromatic carbocycles. The smallest absolute Gasteiger partial charge is 0.240 e. The van der Waals surface area contributed by atoms with Gasteiger partial charge < -0.3 is 5.32 Å². The van der Waals surface area contributed by atoms with Crippen molar-refractivity contribution >= 4 is 21.8 Å². The summed E-state index contributed by atoms with van der Waals surface area (Å²) in [5.74, 6) is 1.28. The first-order chi connectivity index (χ1) is 9.99. The number of hydrogen-bond donors (Lipinski definition) is 2. The molecule has 1 unspecified atom stereocenters. The number of benzene rings is 1. The van der Waals surface area contributed by atoms with Crippen LogP contribution in [0.1, 0.15) is 25.8 Å². The van der Waals surface area contributed by atoms with E-state index in [-0.39, 0.29) is 0 Å². The first kappa shape index (κ1) is 18.5. The molecule has 0 radical (unpaired) electrons. The standard InChI is InChI=1S/C15H26N2O2S2/c1-4-9-16-11-14-5-7-15(8-6-14)21(18,19)17-10-13(2)12-20-3/h5-8,13,16-17H,4,9-12H2,1-3H3. The largest absolute Gasteiger partial charge is 0.313 e. The van der Waals surface area contributed by atoms with Gasteiger partial charge in [-0.3, -0.25) is 0 Å². The molecule has 0 fully saturated rings. The van der Waals surface area contributed by atoms with Crippen molar-refractivity contribution in [2.24, 2.45) is 5.92 Å². The maximum absolute atomic E-state index is 12.2. The van der Waals surface area contributed by atoms with Crippen LogP contribution in [0.2, 0.25) is 0 Å². The average Bonchev–Trinajstić information content (AvgIpc) is 2.46. The first-order valence-electron chi connectivity index (χ1n) is 7.28. The van der Waals surface area contributed by atoms with Crippen molar-refractivity contribution in [3.05, 3.63) is 29.8 Å². The van der Waals surface area contributed by atoms with Crippen LogP contribution in [0.4, 0.5) is 0 Å². The molecule has 0 bridgehead atoms. The minimum absolute atomic E-state index is 0.326. The van der Waals surface area contributed by atoms with Crippen molar-refractivity contribution in [2.75, 3.05) is 25.1 Å². The Bertz CT molecular complexity index is 501. The molecule has 0 amide bonds. The zero-order chi connectivity index (χ0) is 15.7. The van der Waals surface area contributed by atoms with E-state index in [1.54, 1.807) is 23.9 Å². The Labute approximate surface area is 133 Å². The Balaban J connectivity index is 2.58. The molecule has 21 heavy (non-hydrogen) atoms. The van der Waals surface area contributed by atoms with Gasteiger partial charge >= 0.3 is 0 Å². The van der Waals surface area contributed by atoms with Gasteiger partial charge in [0.25, 0.3) is 0 Å². The van der Waals surface area contributed by atoms with Crippen LogP contribution in [-0.4, -0.2) is 33.5 Å². The van der Waals surface area contributed by atoms with Crippen LogP contribution in [0.5, 0.6) is 0 Å². The summed E-state index contributed by atoms with van der Waals surface area (Å²) >= 11 is 1.73. The summed E-state index contributed by atoms with van der Waals surface area (Å²) in [6.45, 7) is 6.37. The van der Waals surface area contributed by atoms with Crippen LogP contribution in [0.3, 0.4) is 0 Å². The molecule has 0 spiro atoms. The SMILES string of the molecule is CCCNCc1ccc(S(=O)(=O)NCC(C)CSC)cc1. The summed E-state index contributed by atoms with van der Waals surface area (Å²) in [5, 5.41) is 3.30. The molecule has 0 aliphatic carbocycles. The van der Waals surface area contributed by atoms with Gasteiger partial charge in [0.2, 0.25) is 10.0 Å². The molecule has 0 saturated carbocycles. The van der Waals surface area contributed by atoms with E-state index in [4.69, 9.17) is 0 Å². The van der Waals surface area contributed by atoms with E-state index in [9.17, 15) is 8.42 Å². The summed E-state index contributed by atoms with van der Waals surface area (Å²) in [7, 11) is -3.40. The normalized spacial score (nSPS) is 13.3. The molecule has 1 atom stereocenters. The summed E-state index contributed by atoms with van der Waals surface area (Å²) in [6, 6.07) is 7.07. The minimum atomic E-state index is -3.40. The number of hydrogen-bond acceptors (Lipinski definition) is 4. The van der Waals surface area contributed by atoms with Gasteiger partial charge in [0.15, 0.2) is 0 Å². The molecular formula is C15H26N2O2S2. The van der Waals surface area contributed by atoms with Crippen molar-refractivity contribution in [3.63, 3.8) is 0 Å². The molecule has 0 aliphatic rings. The quantitative estimate of drug-likeness (QED) is 0.647. The lowest BCUT2D eigenvalue weighted by molar-refractivity contribution is 0.562. The number of rotatable bonds is 10. The Kier molecular flexibility index (Phi) is 8.33. The van der Waals surface area contributed by atoms with Crippen molar-refractivity contribution in [3.8, 4) is 0 Å². The van der Waals surface area contributed by atoms with Gasteiger partial charge in [-0.15, -0.1) is 0 Å². The van der Waals surface area contributed by atoms with Gasteiger partial charge in [0.05, 0.1) is 4.90 Å². The Hall–Kier alpha value is -0.560. The van der Waals surface area contributed by atoms with Gasteiger partial charge in [-0.2, -0.15) is 11.8 Å². The van der Waals surface area contributed by atoms with Gasteiger partial charge in [0, 0.05) is 13.1 Å². The van der Waals surface area contributed by atoms with Crippen LogP contribution < -0.4 is 10.0 Å². The first-order valence-corrected chi connectivity index (χ1v) is 10.2. The van der Waals surface area contributed by atoms with Gasteiger partial charge in [-0.1, -0.05) is 26.0 Å². The number of nitrogens with one attached hydrogen (secondary N) is 2. The lowest BCUT2D eigenvalue weighted by Crippen LogP contribution is -2.29. The second kappa shape index (κ2) is 9.46. The molecule has 0 saturated heterocycles. The topological polar surface area (TPSA) is 58.2 Å². The number of thioether (sulfide) groups is 1. The molecular weight excluding hydrogens is 304 g/mol. The molecule has 0 aliphatic heterocycles. The Morgan fingerprint density at radius 1 is 1.24 bits per heavy atom. The highest BCUT2D eigenvalue weighted by molar-refractivity contribution is 7.98. The van der Waals surface area contributed by atoms with E-state index in [0.29, 0.717) is 17.4 Å². The third-order valence-electron chi connectivity index (χ3n) is 3.06. The van der Waals surface area contributed by atoms with Crippen molar-refractivity contribution in [1.82, 2.24) is 10.0 Å². The fourth-order valence-corrected chi connectivity index (χ4v) is 3.73. The maximum atomic E-state index is 12.2. The van der Waals surface area contributed by atoms with Gasteiger partial charge in [0.1, 0.15) is 0 Å². The molecule has 0 heterocycles. The van der Waals surface area contributed by atoms with Crippen LogP contribution >= 0.6 is 11.8 Å². The van der Waals surface area contributed by atoms with Crippen LogP contribution in [0, 0.1) is 5.92 Å². The fraction of sp³-hybridized carbons (Fsp3) is 0.600. The maximum Gasteiger partial charge on any atom is 0.240 e. The lowest BCUT2D eigenvalue weighted by Gasteiger charge is -2.12. The molecule has 6 heteroatoms. The zero-order valence-corrected chi connectivity index (χ0v) is 14.7. The number of sulfonamides is 1. The van der Waals surface area contributed by atoms with E-state index in [0.717, 1.165) is 30.8 Å². The van der Waals surface area contributed by atoms with E-state index in [1.807, 2.05) is 25.3 Å². The van der Waals surface area contributed by atoms with Crippen LogP contribution in [0.15, 0.2) is 29.2 Å². The predicted octanol–water partition coefficient (Wildman–Crippen LogP) is 2.46. The summed E-state index contributed by atoms with van der Waals surface area (Å²) in [5.41, 5.74) is 1.10. The minimum Gasteiger partial charge on any atom is -0.313 e. The summed E-state index contributed by atoms with van der Waals surface area (Å²) in [4.78, 5) is 0.332. The fourth-order valence-electron chi connectivity index (χ4n) is 1.87. The highest BCUT2D eigenvalue weighted by Crippen LogP contribution is 2.11. The second-order valence-corrected chi connectivity index (χ2v) is 7.91. The summed E-state index contributed by atoms with van der Waals surface area (Å²) < 4.78 is 27.0.